The van der Waals surface area contributed by atoms with Crippen molar-refractivity contribution in [2.24, 2.45) is 0 Å². The molecule has 0 aliphatic rings. The van der Waals surface area contributed by atoms with Gasteiger partial charge >= 0.3 is 0 Å². The first-order valence-corrected chi connectivity index (χ1v) is 12.3. The molecule has 5 N–H and O–H groups in total. The maximum absolute atomic E-state index is 12.8. The van der Waals surface area contributed by atoms with Gasteiger partial charge in [-0.25, -0.2) is 0 Å². The van der Waals surface area contributed by atoms with Crippen molar-refractivity contribution >= 4 is 5.78 Å². The Morgan fingerprint density at radius 2 is 1.17 bits per heavy atom. The van der Waals surface area contributed by atoms with Gasteiger partial charge in [-0.05, 0) is 12.8 Å². The van der Waals surface area contributed by atoms with Crippen LogP contribution in [0.15, 0.2) is 0 Å². The summed E-state index contributed by atoms with van der Waals surface area (Å²) < 4.78 is 0. The number of hydrogen-bond acceptors (Lipinski definition) is 6. The summed E-state index contributed by atoms with van der Waals surface area (Å²) in [6.45, 7) is 3.57. The fourth-order valence-corrected chi connectivity index (χ4v) is 3.86. The van der Waals surface area contributed by atoms with Crippen LogP contribution in [-0.4, -0.2) is 61.8 Å². The molecule has 30 heavy (non-hydrogen) atoms. The van der Waals surface area contributed by atoms with E-state index in [1.807, 2.05) is 0 Å². The Morgan fingerprint density at radius 3 is 1.63 bits per heavy atom. The van der Waals surface area contributed by atoms with Crippen molar-refractivity contribution in [3.63, 3.8) is 0 Å². The lowest BCUT2D eigenvalue weighted by Crippen LogP contribution is -2.58. The van der Waals surface area contributed by atoms with E-state index < -0.39 is 36.3 Å². The van der Waals surface area contributed by atoms with E-state index in [-0.39, 0.29) is 12.8 Å². The molecule has 0 amide bonds. The van der Waals surface area contributed by atoms with Crippen LogP contribution in [0.1, 0.15) is 117 Å². The average Bonchev–Trinajstić information content (AvgIpc) is 2.75. The van der Waals surface area contributed by atoms with E-state index in [2.05, 4.69) is 13.8 Å². The molecule has 0 aliphatic heterocycles. The summed E-state index contributed by atoms with van der Waals surface area (Å²) in [5.41, 5.74) is -2.10. The number of unbranched alkanes of at least 4 members (excludes halogenated alkanes) is 12. The van der Waals surface area contributed by atoms with Crippen LogP contribution in [0, 0.1) is 0 Å². The van der Waals surface area contributed by atoms with Gasteiger partial charge in [0.1, 0.15) is 18.3 Å². The number of aliphatic hydroxyl groups is 5. The van der Waals surface area contributed by atoms with Crippen molar-refractivity contribution in [3.8, 4) is 0 Å². The topological polar surface area (TPSA) is 118 Å². The quantitative estimate of drug-likeness (QED) is 0.177. The van der Waals surface area contributed by atoms with Gasteiger partial charge in [-0.1, -0.05) is 97.3 Å². The zero-order chi connectivity index (χ0) is 22.8. The highest BCUT2D eigenvalue weighted by Gasteiger charge is 2.46. The summed E-state index contributed by atoms with van der Waals surface area (Å²) >= 11 is 0. The zero-order valence-electron chi connectivity index (χ0n) is 19.4. The smallest absolute Gasteiger partial charge is 0.167 e. The highest BCUT2D eigenvalue weighted by Crippen LogP contribution is 2.27. The predicted octanol–water partition coefficient (Wildman–Crippen LogP) is 3.64. The number of aliphatic hydroxyl groups excluding tert-OH is 4. The minimum absolute atomic E-state index is 0.0486. The molecule has 180 valence electrons. The molecule has 0 saturated heterocycles. The highest BCUT2D eigenvalue weighted by molar-refractivity contribution is 5.87. The number of ketones is 1. The minimum atomic E-state index is -2.10. The molecule has 0 radical (unpaired) electrons. The average molecular weight is 433 g/mol. The van der Waals surface area contributed by atoms with Crippen LogP contribution in [0.5, 0.6) is 0 Å². The van der Waals surface area contributed by atoms with Gasteiger partial charge in [0.15, 0.2) is 11.4 Å². The normalized spacial score (nSPS) is 16.8. The second kappa shape index (κ2) is 18.1. The maximum Gasteiger partial charge on any atom is 0.167 e. The van der Waals surface area contributed by atoms with E-state index in [1.165, 1.54) is 32.1 Å². The van der Waals surface area contributed by atoms with Crippen LogP contribution >= 0.6 is 0 Å². The molecule has 4 atom stereocenters. The van der Waals surface area contributed by atoms with Gasteiger partial charge < -0.3 is 25.5 Å². The lowest BCUT2D eigenvalue weighted by molar-refractivity contribution is -0.176. The third kappa shape index (κ3) is 11.8. The second-order valence-electron chi connectivity index (χ2n) is 8.78. The van der Waals surface area contributed by atoms with E-state index in [0.29, 0.717) is 12.8 Å². The molecule has 0 bridgehead atoms. The van der Waals surface area contributed by atoms with Crippen molar-refractivity contribution in [1.82, 2.24) is 0 Å². The van der Waals surface area contributed by atoms with Crippen LogP contribution in [0.4, 0.5) is 0 Å². The molecule has 0 aliphatic carbocycles. The Kier molecular flexibility index (Phi) is 17.8. The van der Waals surface area contributed by atoms with Crippen LogP contribution in [0.3, 0.4) is 0 Å². The molecule has 0 fully saturated rings. The molecule has 0 aromatic rings. The van der Waals surface area contributed by atoms with Crippen LogP contribution < -0.4 is 0 Å². The third-order valence-electron chi connectivity index (χ3n) is 6.05. The second-order valence-corrected chi connectivity index (χ2v) is 8.78. The summed E-state index contributed by atoms with van der Waals surface area (Å²) in [6.07, 6.45) is 9.33. The largest absolute Gasteiger partial charge is 0.394 e. The maximum atomic E-state index is 12.8. The number of carbonyl (C=O) groups excluding carboxylic acids is 1. The zero-order valence-corrected chi connectivity index (χ0v) is 19.4. The molecular formula is C24H48O6. The van der Waals surface area contributed by atoms with Crippen LogP contribution in [0.2, 0.25) is 0 Å². The van der Waals surface area contributed by atoms with Crippen LogP contribution in [0.25, 0.3) is 0 Å². The van der Waals surface area contributed by atoms with Crippen molar-refractivity contribution < 1.29 is 30.3 Å². The summed E-state index contributed by atoms with van der Waals surface area (Å²) in [6, 6.07) is 0. The lowest BCUT2D eigenvalue weighted by atomic mass is 9.80. The molecule has 6 nitrogen and oxygen atoms in total. The predicted molar refractivity (Wildman–Crippen MR) is 120 cm³/mol. The molecular weight excluding hydrogens is 384 g/mol. The Labute approximate surface area is 183 Å². The molecule has 0 saturated carbocycles. The molecule has 6 heteroatoms. The SMILES string of the molecule is CCCCCCCCCC[C@](O)(C(=O)CCCCCCCC)[C@@H](O)[C@H](O)[C@H](O)CO. The molecule has 0 unspecified atom stereocenters. The van der Waals surface area contributed by atoms with Crippen molar-refractivity contribution in [2.45, 2.75) is 140 Å². The fourth-order valence-electron chi connectivity index (χ4n) is 3.86. The van der Waals surface area contributed by atoms with E-state index in [9.17, 15) is 25.2 Å². The van der Waals surface area contributed by atoms with E-state index in [1.54, 1.807) is 0 Å². The molecule has 0 aromatic carbocycles. The van der Waals surface area contributed by atoms with Gasteiger partial charge in [0.25, 0.3) is 0 Å². The number of hydrogen-bond donors (Lipinski definition) is 5. The highest BCUT2D eigenvalue weighted by atomic mass is 16.4. The third-order valence-corrected chi connectivity index (χ3v) is 6.05. The van der Waals surface area contributed by atoms with Gasteiger partial charge in [0.05, 0.1) is 6.61 Å². The van der Waals surface area contributed by atoms with Crippen molar-refractivity contribution in [1.29, 1.82) is 0 Å². The summed E-state index contributed by atoms with van der Waals surface area (Å²) in [5, 5.41) is 50.3. The Balaban J connectivity index is 4.69. The first kappa shape index (κ1) is 29.5. The monoisotopic (exact) mass is 432 g/mol. The molecule has 0 rings (SSSR count). The van der Waals surface area contributed by atoms with Crippen LogP contribution in [-0.2, 0) is 4.79 Å². The van der Waals surface area contributed by atoms with Gasteiger partial charge in [-0.15, -0.1) is 0 Å². The fraction of sp³-hybridized carbons (Fsp3) is 0.958. The van der Waals surface area contributed by atoms with Gasteiger partial charge in [-0.3, -0.25) is 4.79 Å². The summed E-state index contributed by atoms with van der Waals surface area (Å²) in [7, 11) is 0. The molecule has 0 heterocycles. The van der Waals surface area contributed by atoms with Crippen molar-refractivity contribution in [2.75, 3.05) is 6.61 Å². The minimum Gasteiger partial charge on any atom is -0.394 e. The van der Waals surface area contributed by atoms with Crippen molar-refractivity contribution in [3.05, 3.63) is 0 Å². The Hall–Kier alpha value is -0.530. The van der Waals surface area contributed by atoms with E-state index in [0.717, 1.165) is 44.9 Å². The molecule has 0 spiro atoms. The number of rotatable bonds is 21. The summed E-state index contributed by atoms with van der Waals surface area (Å²) in [4.78, 5) is 12.8. The first-order chi connectivity index (χ1) is 14.3. The van der Waals surface area contributed by atoms with Gasteiger partial charge in [0, 0.05) is 6.42 Å². The standard InChI is InChI=1S/C24H48O6/c1-3-5-7-9-11-12-14-16-18-24(30,23(29)22(28)20(26)19-25)21(27)17-15-13-10-8-6-4-2/h20,22-23,25-26,28-30H,3-19H2,1-2H3/t20-,22-,23+,24+/m1/s1. The van der Waals surface area contributed by atoms with E-state index in [4.69, 9.17) is 5.11 Å². The Bertz CT molecular complexity index is 417. The summed E-state index contributed by atoms with van der Waals surface area (Å²) in [5.74, 6) is -0.488. The number of Topliss-reactive ketones (excluding diaryl/α,β-unsaturated/α-hetero) is 1. The van der Waals surface area contributed by atoms with Gasteiger partial charge in [0.2, 0.25) is 0 Å². The lowest BCUT2D eigenvalue weighted by Gasteiger charge is -2.35. The first-order valence-electron chi connectivity index (χ1n) is 12.3. The Morgan fingerprint density at radius 1 is 0.733 bits per heavy atom. The molecule has 0 aromatic heterocycles. The number of carbonyl (C=O) groups is 1. The van der Waals surface area contributed by atoms with E-state index >= 15 is 0 Å². The van der Waals surface area contributed by atoms with Gasteiger partial charge in [-0.2, -0.15) is 0 Å².